The van der Waals surface area contributed by atoms with Crippen LogP contribution in [0.1, 0.15) is 15.9 Å². The summed E-state index contributed by atoms with van der Waals surface area (Å²) in [6, 6.07) is 6.35. The molecule has 0 radical (unpaired) electrons. The average Bonchev–Trinajstić information content (AvgIpc) is 2.86. The zero-order chi connectivity index (χ0) is 15.1. The third kappa shape index (κ3) is 2.09. The first-order chi connectivity index (χ1) is 9.99. The van der Waals surface area contributed by atoms with Crippen LogP contribution in [-0.4, -0.2) is 30.8 Å². The van der Waals surface area contributed by atoms with Crippen LogP contribution in [0.3, 0.4) is 0 Å². The number of hydrogen-bond donors (Lipinski definition) is 2. The van der Waals surface area contributed by atoms with Crippen LogP contribution in [0, 0.1) is 6.92 Å². The molecule has 106 valence electrons. The molecule has 0 saturated heterocycles. The van der Waals surface area contributed by atoms with Gasteiger partial charge in [0, 0.05) is 17.3 Å². The van der Waals surface area contributed by atoms with E-state index >= 15 is 0 Å². The lowest BCUT2D eigenvalue weighted by molar-refractivity contribution is 0.0696. The Kier molecular flexibility index (Phi) is 3.03. The molecule has 0 amide bonds. The fraction of sp³-hybridized carbons (Fsp3) is 0.0714. The molecule has 0 bridgehead atoms. The second-order valence-electron chi connectivity index (χ2n) is 4.55. The number of carbonyl (C=O) groups is 1. The first-order valence-corrected chi connectivity index (χ1v) is 6.43. The molecule has 21 heavy (non-hydrogen) atoms. The predicted octanol–water partition coefficient (Wildman–Crippen LogP) is 2.76. The highest BCUT2D eigenvalue weighted by Crippen LogP contribution is 2.29. The van der Waals surface area contributed by atoms with Crippen LogP contribution in [0.25, 0.3) is 17.0 Å². The lowest BCUT2D eigenvalue weighted by Gasteiger charge is -2.07. The van der Waals surface area contributed by atoms with Crippen molar-refractivity contribution in [2.45, 2.75) is 6.92 Å². The van der Waals surface area contributed by atoms with Crippen LogP contribution < -0.4 is 0 Å². The van der Waals surface area contributed by atoms with Gasteiger partial charge in [-0.15, -0.1) is 10.2 Å². The largest absolute Gasteiger partial charge is 0.508 e. The van der Waals surface area contributed by atoms with E-state index in [-0.39, 0.29) is 16.3 Å². The molecule has 7 heteroatoms. The monoisotopic (exact) mass is 303 g/mol. The molecule has 2 heterocycles. The maximum Gasteiger partial charge on any atom is 0.337 e. The van der Waals surface area contributed by atoms with Crippen LogP contribution in [-0.2, 0) is 0 Å². The number of phenolic OH excluding ortho intramolecular Hbond substituents is 1. The van der Waals surface area contributed by atoms with Gasteiger partial charge in [0.1, 0.15) is 5.75 Å². The Morgan fingerprint density at radius 3 is 2.81 bits per heavy atom. The SMILES string of the molecule is Cc1c(O)cccc1-c1nnc2c(Cl)cc(C(=O)O)cn12. The smallest absolute Gasteiger partial charge is 0.337 e. The molecule has 0 atom stereocenters. The van der Waals surface area contributed by atoms with Gasteiger partial charge in [0.15, 0.2) is 11.5 Å². The van der Waals surface area contributed by atoms with Gasteiger partial charge in [0.05, 0.1) is 10.6 Å². The Hall–Kier alpha value is -2.60. The van der Waals surface area contributed by atoms with Gasteiger partial charge in [-0.05, 0) is 19.1 Å². The predicted molar refractivity (Wildman–Crippen MR) is 76.8 cm³/mol. The van der Waals surface area contributed by atoms with Crippen molar-refractivity contribution in [3.05, 3.63) is 46.6 Å². The van der Waals surface area contributed by atoms with E-state index in [4.69, 9.17) is 16.7 Å². The van der Waals surface area contributed by atoms with E-state index < -0.39 is 5.97 Å². The summed E-state index contributed by atoms with van der Waals surface area (Å²) < 4.78 is 1.51. The number of rotatable bonds is 2. The summed E-state index contributed by atoms with van der Waals surface area (Å²) in [6.07, 6.45) is 1.41. The minimum Gasteiger partial charge on any atom is -0.508 e. The summed E-state index contributed by atoms with van der Waals surface area (Å²) in [4.78, 5) is 11.1. The molecule has 2 N–H and O–H groups in total. The number of carboxylic acids is 1. The van der Waals surface area contributed by atoms with Crippen molar-refractivity contribution in [1.82, 2.24) is 14.6 Å². The van der Waals surface area contributed by atoms with Gasteiger partial charge >= 0.3 is 5.97 Å². The van der Waals surface area contributed by atoms with Crippen molar-refractivity contribution < 1.29 is 15.0 Å². The lowest BCUT2D eigenvalue weighted by atomic mass is 10.1. The number of phenols is 1. The Bertz CT molecular complexity index is 873. The van der Waals surface area contributed by atoms with Gasteiger partial charge < -0.3 is 10.2 Å². The molecule has 0 spiro atoms. The Balaban J connectivity index is 2.33. The molecular weight excluding hydrogens is 294 g/mol. The summed E-state index contributed by atoms with van der Waals surface area (Å²) in [7, 11) is 0. The quantitative estimate of drug-likeness (QED) is 0.760. The molecule has 0 saturated carbocycles. The molecule has 6 nitrogen and oxygen atoms in total. The molecule has 1 aromatic carbocycles. The Morgan fingerprint density at radius 2 is 2.10 bits per heavy atom. The fourth-order valence-electron chi connectivity index (χ4n) is 2.12. The van der Waals surface area contributed by atoms with Gasteiger partial charge in [-0.25, -0.2) is 4.79 Å². The Morgan fingerprint density at radius 1 is 1.33 bits per heavy atom. The summed E-state index contributed by atoms with van der Waals surface area (Å²) in [6.45, 7) is 1.74. The summed E-state index contributed by atoms with van der Waals surface area (Å²) in [5, 5.41) is 27.1. The number of aromatic hydroxyl groups is 1. The molecule has 0 aliphatic rings. The van der Waals surface area contributed by atoms with Gasteiger partial charge in [-0.1, -0.05) is 23.7 Å². The maximum absolute atomic E-state index is 11.1. The zero-order valence-corrected chi connectivity index (χ0v) is 11.7. The summed E-state index contributed by atoms with van der Waals surface area (Å²) in [5.41, 5.74) is 1.68. The topological polar surface area (TPSA) is 87.7 Å². The molecule has 3 aromatic rings. The van der Waals surface area contributed by atoms with E-state index in [2.05, 4.69) is 10.2 Å². The molecule has 0 aliphatic carbocycles. The molecule has 0 fully saturated rings. The number of aromatic nitrogens is 3. The van der Waals surface area contributed by atoms with Crippen molar-refractivity contribution in [1.29, 1.82) is 0 Å². The Labute approximate surface area is 124 Å². The average molecular weight is 304 g/mol. The van der Waals surface area contributed by atoms with Crippen LogP contribution >= 0.6 is 11.6 Å². The first kappa shape index (κ1) is 13.4. The number of hydrogen-bond acceptors (Lipinski definition) is 4. The van der Waals surface area contributed by atoms with Gasteiger partial charge in [0.2, 0.25) is 0 Å². The van der Waals surface area contributed by atoms with E-state index in [1.807, 2.05) is 0 Å². The molecule has 0 unspecified atom stereocenters. The number of pyridine rings is 1. The van der Waals surface area contributed by atoms with Gasteiger partial charge in [-0.2, -0.15) is 0 Å². The van der Waals surface area contributed by atoms with Crippen LogP contribution in [0.4, 0.5) is 0 Å². The van der Waals surface area contributed by atoms with Crippen molar-refractivity contribution in [3.8, 4) is 17.1 Å². The number of benzene rings is 1. The highest BCUT2D eigenvalue weighted by atomic mass is 35.5. The number of halogens is 1. The van der Waals surface area contributed by atoms with Crippen LogP contribution in [0.5, 0.6) is 5.75 Å². The number of aromatic carboxylic acids is 1. The minimum absolute atomic E-state index is 0.0337. The first-order valence-electron chi connectivity index (χ1n) is 6.05. The van der Waals surface area contributed by atoms with Crippen molar-refractivity contribution in [2.75, 3.05) is 0 Å². The number of fused-ring (bicyclic) bond motifs is 1. The summed E-state index contributed by atoms with van der Waals surface area (Å²) in [5.74, 6) is -0.542. The maximum atomic E-state index is 11.1. The second kappa shape index (κ2) is 4.75. The third-order valence-electron chi connectivity index (χ3n) is 3.25. The van der Waals surface area contributed by atoms with E-state index in [9.17, 15) is 9.90 Å². The van der Waals surface area contributed by atoms with E-state index in [0.29, 0.717) is 22.6 Å². The van der Waals surface area contributed by atoms with Gasteiger partial charge in [0.25, 0.3) is 0 Å². The van der Waals surface area contributed by atoms with Gasteiger partial charge in [-0.3, -0.25) is 4.40 Å². The molecule has 0 aliphatic heterocycles. The van der Waals surface area contributed by atoms with E-state index in [0.717, 1.165) is 0 Å². The van der Waals surface area contributed by atoms with Crippen LogP contribution in [0.15, 0.2) is 30.5 Å². The standard InChI is InChI=1S/C14H10ClN3O3/c1-7-9(3-2-4-11(7)19)12-16-17-13-10(15)5-8(14(20)21)6-18(12)13/h2-6,19H,1H3,(H,20,21). The van der Waals surface area contributed by atoms with Crippen molar-refractivity contribution in [3.63, 3.8) is 0 Å². The third-order valence-corrected chi connectivity index (χ3v) is 3.53. The van der Waals surface area contributed by atoms with E-state index in [1.54, 1.807) is 25.1 Å². The zero-order valence-electron chi connectivity index (χ0n) is 10.9. The minimum atomic E-state index is -1.09. The molecule has 3 rings (SSSR count). The molecular formula is C14H10ClN3O3. The highest BCUT2D eigenvalue weighted by molar-refractivity contribution is 6.33. The highest BCUT2D eigenvalue weighted by Gasteiger charge is 2.16. The second-order valence-corrected chi connectivity index (χ2v) is 4.96. The van der Waals surface area contributed by atoms with E-state index in [1.165, 1.54) is 16.7 Å². The van der Waals surface area contributed by atoms with Crippen molar-refractivity contribution >= 4 is 23.2 Å². The molecule has 2 aromatic heterocycles. The normalized spacial score (nSPS) is 11.0. The van der Waals surface area contributed by atoms with Crippen molar-refractivity contribution in [2.24, 2.45) is 0 Å². The number of nitrogens with zero attached hydrogens (tertiary/aromatic N) is 3. The van der Waals surface area contributed by atoms with Crippen LogP contribution in [0.2, 0.25) is 5.02 Å². The lowest BCUT2D eigenvalue weighted by Crippen LogP contribution is -2.01. The number of carboxylic acid groups (broad SMARTS) is 1. The fourth-order valence-corrected chi connectivity index (χ4v) is 2.37. The summed E-state index contributed by atoms with van der Waals surface area (Å²) >= 11 is 6.04.